The first kappa shape index (κ1) is 31.9. The maximum Gasteiger partial charge on any atom is 0.306 e. The highest BCUT2D eigenvalue weighted by Gasteiger charge is 2.17. The maximum atomic E-state index is 12.2. The number of rotatable bonds is 21. The first-order valence-electron chi connectivity index (χ1n) is 15.1. The molecule has 0 aliphatic carbocycles. The van der Waals surface area contributed by atoms with Crippen LogP contribution in [-0.2, 0) is 22.5 Å². The molecule has 1 unspecified atom stereocenters. The zero-order valence-corrected chi connectivity index (χ0v) is 24.8. The highest BCUT2D eigenvalue weighted by molar-refractivity contribution is 5.69. The highest BCUT2D eigenvalue weighted by atomic mass is 16.5. The van der Waals surface area contributed by atoms with Gasteiger partial charge in [0.05, 0.1) is 39.8 Å². The summed E-state index contributed by atoms with van der Waals surface area (Å²) in [6.07, 6.45) is 15.3. The molecule has 0 radical (unpaired) electrons. The van der Waals surface area contributed by atoms with Gasteiger partial charge < -0.3 is 14.0 Å². The van der Waals surface area contributed by atoms with E-state index in [1.165, 1.54) is 68.9 Å². The summed E-state index contributed by atoms with van der Waals surface area (Å²) in [5, 5.41) is 0. The Hall–Kier alpha value is -2.33. The van der Waals surface area contributed by atoms with Gasteiger partial charge in [-0.15, -0.1) is 0 Å². The molecule has 38 heavy (non-hydrogen) atoms. The average Bonchev–Trinajstić information content (AvgIpc) is 2.88. The molecule has 0 aliphatic rings. The molecule has 4 heteroatoms. The second-order valence-electron chi connectivity index (χ2n) is 11.6. The minimum Gasteiger partial charge on any atom is -0.491 e. The lowest BCUT2D eigenvalue weighted by atomic mass is 10.0. The van der Waals surface area contributed by atoms with Gasteiger partial charge in [0, 0.05) is 18.4 Å². The van der Waals surface area contributed by atoms with Gasteiger partial charge >= 0.3 is 5.97 Å². The quantitative estimate of drug-likeness (QED) is 0.0932. The molecule has 1 atom stereocenters. The number of unbranched alkanes of at least 4 members (excludes halogenated alkanes) is 8. The van der Waals surface area contributed by atoms with Gasteiger partial charge in [-0.2, -0.15) is 0 Å². The molecule has 0 aliphatic heterocycles. The summed E-state index contributed by atoms with van der Waals surface area (Å²) in [6.45, 7) is 6.63. The Balaban J connectivity index is 1.55. The van der Waals surface area contributed by atoms with E-state index in [0.29, 0.717) is 19.4 Å². The van der Waals surface area contributed by atoms with Crippen molar-refractivity contribution in [2.24, 2.45) is 0 Å². The minimum atomic E-state index is -0.111. The minimum absolute atomic E-state index is 0.00670. The van der Waals surface area contributed by atoms with Crippen molar-refractivity contribution in [1.29, 1.82) is 0 Å². The van der Waals surface area contributed by atoms with Crippen molar-refractivity contribution in [3.05, 3.63) is 65.7 Å². The van der Waals surface area contributed by atoms with Crippen molar-refractivity contribution in [1.82, 2.24) is 0 Å². The average molecular weight is 525 g/mol. The Kier molecular flexibility index (Phi) is 15.8. The second kappa shape index (κ2) is 18.8. The number of carbonyl (C=O) groups excluding carboxylic acids is 1. The SMILES string of the molecule is CCCCCCCCCCCc1cccc(OC(C)CCOC(=O)CCC[N+](C)(C)Cc2ccccc2)c1. The number of nitrogens with zero attached hydrogens (tertiary/aromatic N) is 1. The maximum absolute atomic E-state index is 12.2. The number of hydrogen-bond donors (Lipinski definition) is 0. The van der Waals surface area contributed by atoms with Crippen LogP contribution in [0.4, 0.5) is 0 Å². The van der Waals surface area contributed by atoms with Crippen LogP contribution >= 0.6 is 0 Å². The molecule has 0 bridgehead atoms. The van der Waals surface area contributed by atoms with Crippen LogP contribution in [0.25, 0.3) is 0 Å². The normalized spacial score (nSPS) is 12.3. The van der Waals surface area contributed by atoms with Gasteiger partial charge in [-0.1, -0.05) is 101 Å². The number of ether oxygens (including phenoxy) is 2. The first-order chi connectivity index (χ1) is 18.4. The Labute approximate surface area is 233 Å². The predicted octanol–water partition coefficient (Wildman–Crippen LogP) is 8.52. The van der Waals surface area contributed by atoms with Gasteiger partial charge in [-0.3, -0.25) is 4.79 Å². The number of benzene rings is 2. The highest BCUT2D eigenvalue weighted by Crippen LogP contribution is 2.19. The number of carbonyl (C=O) groups is 1. The van der Waals surface area contributed by atoms with Gasteiger partial charge in [0.25, 0.3) is 0 Å². The Morgan fingerprint density at radius 3 is 2.18 bits per heavy atom. The summed E-state index contributed by atoms with van der Waals surface area (Å²) in [7, 11) is 4.42. The Bertz CT molecular complexity index is 880. The smallest absolute Gasteiger partial charge is 0.306 e. The molecule has 2 rings (SSSR count). The van der Waals surface area contributed by atoms with E-state index in [2.05, 4.69) is 63.5 Å². The van der Waals surface area contributed by atoms with Crippen molar-refractivity contribution in [2.45, 2.75) is 110 Å². The fourth-order valence-corrected chi connectivity index (χ4v) is 4.92. The lowest BCUT2D eigenvalue weighted by molar-refractivity contribution is -0.903. The molecule has 0 saturated carbocycles. The molecule has 0 fully saturated rings. The second-order valence-corrected chi connectivity index (χ2v) is 11.6. The van der Waals surface area contributed by atoms with Crippen LogP contribution in [-0.4, -0.2) is 43.8 Å². The molecule has 0 amide bonds. The fourth-order valence-electron chi connectivity index (χ4n) is 4.92. The third-order valence-corrected chi connectivity index (χ3v) is 7.19. The monoisotopic (exact) mass is 524 g/mol. The van der Waals surface area contributed by atoms with Crippen LogP contribution in [0, 0.1) is 0 Å². The summed E-state index contributed by atoms with van der Waals surface area (Å²) in [6, 6.07) is 19.0. The van der Waals surface area contributed by atoms with E-state index < -0.39 is 0 Å². The van der Waals surface area contributed by atoms with Crippen LogP contribution in [0.5, 0.6) is 5.75 Å². The zero-order valence-electron chi connectivity index (χ0n) is 24.8. The van der Waals surface area contributed by atoms with Gasteiger partial charge in [-0.25, -0.2) is 0 Å². The number of aryl methyl sites for hydroxylation is 1. The zero-order chi connectivity index (χ0) is 27.5. The molecule has 212 valence electrons. The molecule has 0 N–H and O–H groups in total. The fraction of sp³-hybridized carbons (Fsp3) is 0.618. The van der Waals surface area contributed by atoms with Crippen molar-refractivity contribution < 1.29 is 18.8 Å². The van der Waals surface area contributed by atoms with Crippen molar-refractivity contribution in [3.63, 3.8) is 0 Å². The first-order valence-corrected chi connectivity index (χ1v) is 15.1. The molecule has 0 spiro atoms. The largest absolute Gasteiger partial charge is 0.491 e. The van der Waals surface area contributed by atoms with Crippen molar-refractivity contribution in [2.75, 3.05) is 27.2 Å². The van der Waals surface area contributed by atoms with E-state index in [9.17, 15) is 4.79 Å². The summed E-state index contributed by atoms with van der Waals surface area (Å²) in [5.41, 5.74) is 2.67. The third-order valence-electron chi connectivity index (χ3n) is 7.19. The molecular formula is C34H54NO3+. The van der Waals surface area contributed by atoms with Gasteiger partial charge in [0.15, 0.2) is 0 Å². The van der Waals surface area contributed by atoms with E-state index in [4.69, 9.17) is 9.47 Å². The molecule has 2 aromatic rings. The van der Waals surface area contributed by atoms with Crippen molar-refractivity contribution in [3.8, 4) is 5.75 Å². The van der Waals surface area contributed by atoms with Crippen LogP contribution in [0.15, 0.2) is 54.6 Å². The van der Waals surface area contributed by atoms with Gasteiger partial charge in [-0.05, 0) is 37.5 Å². The molecule has 2 aromatic carbocycles. The standard InChI is InChI=1S/C34H54NO3/c1-5-6-7-8-9-10-11-12-14-19-31-22-17-23-33(28-31)38-30(2)25-27-37-34(36)24-18-26-35(3,4)29-32-20-15-13-16-21-32/h13,15-17,20-23,28,30H,5-12,14,18-19,24-27,29H2,1-4H3/q+1. The summed E-state index contributed by atoms with van der Waals surface area (Å²) in [4.78, 5) is 12.2. The lowest BCUT2D eigenvalue weighted by Crippen LogP contribution is -2.39. The van der Waals surface area contributed by atoms with E-state index in [0.717, 1.165) is 36.2 Å². The van der Waals surface area contributed by atoms with E-state index in [-0.39, 0.29) is 12.1 Å². The lowest BCUT2D eigenvalue weighted by Gasteiger charge is -2.29. The topological polar surface area (TPSA) is 35.5 Å². The molecule has 0 saturated heterocycles. The Morgan fingerprint density at radius 1 is 0.816 bits per heavy atom. The predicted molar refractivity (Wildman–Crippen MR) is 159 cm³/mol. The third kappa shape index (κ3) is 15.2. The number of esters is 1. The summed E-state index contributed by atoms with van der Waals surface area (Å²) < 4.78 is 12.5. The van der Waals surface area contributed by atoms with Crippen LogP contribution in [0.2, 0.25) is 0 Å². The number of hydrogen-bond acceptors (Lipinski definition) is 3. The van der Waals surface area contributed by atoms with Crippen LogP contribution in [0.1, 0.15) is 102 Å². The molecule has 0 aromatic heterocycles. The molecular weight excluding hydrogens is 470 g/mol. The van der Waals surface area contributed by atoms with E-state index in [1.807, 2.05) is 19.1 Å². The molecule has 4 nitrogen and oxygen atoms in total. The van der Waals surface area contributed by atoms with Crippen LogP contribution < -0.4 is 4.74 Å². The van der Waals surface area contributed by atoms with E-state index >= 15 is 0 Å². The van der Waals surface area contributed by atoms with Crippen LogP contribution in [0.3, 0.4) is 0 Å². The summed E-state index contributed by atoms with van der Waals surface area (Å²) >= 11 is 0. The summed E-state index contributed by atoms with van der Waals surface area (Å²) in [5.74, 6) is 0.801. The number of quaternary nitrogens is 1. The Morgan fingerprint density at radius 2 is 1.47 bits per heavy atom. The van der Waals surface area contributed by atoms with Crippen molar-refractivity contribution >= 4 is 5.97 Å². The molecule has 0 heterocycles. The van der Waals surface area contributed by atoms with Gasteiger partial charge in [0.1, 0.15) is 12.3 Å². The van der Waals surface area contributed by atoms with E-state index in [1.54, 1.807) is 0 Å². The van der Waals surface area contributed by atoms with Gasteiger partial charge in [0.2, 0.25) is 0 Å².